The third kappa shape index (κ3) is 17.0. The van der Waals surface area contributed by atoms with Gasteiger partial charge in [0.25, 0.3) is 0 Å². The molecule has 0 aliphatic rings. The topological polar surface area (TPSA) is 154 Å². The van der Waals surface area contributed by atoms with Gasteiger partial charge in [-0.05, 0) is 49.9 Å². The van der Waals surface area contributed by atoms with Gasteiger partial charge >= 0.3 is 0 Å². The molecule has 0 unspecified atom stereocenters. The molecule has 2 aromatic carbocycles. The predicted molar refractivity (Wildman–Crippen MR) is 163 cm³/mol. The van der Waals surface area contributed by atoms with Crippen molar-refractivity contribution in [3.63, 3.8) is 0 Å². The molecule has 0 saturated carbocycles. The Bertz CT molecular complexity index is 1130. The lowest BCUT2D eigenvalue weighted by Gasteiger charge is -2.22. The van der Waals surface area contributed by atoms with Gasteiger partial charge in [-0.1, -0.05) is 64.7 Å². The highest BCUT2D eigenvalue weighted by molar-refractivity contribution is 5.98. The summed E-state index contributed by atoms with van der Waals surface area (Å²) in [5.41, 5.74) is 20.2. The molecule has 1 aromatic heterocycles. The number of anilines is 1. The number of carbonyl (C=O) groups is 2. The van der Waals surface area contributed by atoms with Crippen LogP contribution in [-0.4, -0.2) is 55.1 Å². The van der Waals surface area contributed by atoms with Crippen molar-refractivity contribution in [2.75, 3.05) is 31.6 Å². The van der Waals surface area contributed by atoms with Gasteiger partial charge in [0.2, 0.25) is 17.3 Å². The maximum absolute atomic E-state index is 13.2. The zero-order valence-corrected chi connectivity index (χ0v) is 25.2. The number of halogens is 4. The van der Waals surface area contributed by atoms with E-state index >= 15 is 0 Å². The molecule has 0 fully saturated rings. The largest absolute Gasteiger partial charge is 1.00 e. The van der Waals surface area contributed by atoms with Crippen molar-refractivity contribution in [3.8, 4) is 0 Å². The van der Waals surface area contributed by atoms with Crippen LogP contribution in [0.25, 0.3) is 10.9 Å². The van der Waals surface area contributed by atoms with E-state index in [2.05, 4.69) is 15.6 Å². The molecule has 2 amide bonds. The number of pyridine rings is 1. The minimum Gasteiger partial charge on any atom is -1.00 e. The Labute approximate surface area is 283 Å². The first-order valence-corrected chi connectivity index (χ1v) is 12.4. The van der Waals surface area contributed by atoms with Crippen molar-refractivity contribution >= 4 is 28.4 Å². The summed E-state index contributed by atoms with van der Waals surface area (Å²) >= 11 is 0. The molecule has 0 aliphatic carbocycles. The molecule has 0 spiro atoms. The average Bonchev–Trinajstić information content (AvgIpc) is 2.90. The maximum atomic E-state index is 13.2. The number of aromatic nitrogens is 1. The molecule has 0 bridgehead atoms. The number of hydrogen-bond acceptors (Lipinski definition) is 6. The quantitative estimate of drug-likeness (QED) is 0.107. The summed E-state index contributed by atoms with van der Waals surface area (Å²) in [7, 11) is 0. The van der Waals surface area contributed by atoms with Crippen molar-refractivity contribution < 1.29 is 64.2 Å². The smallest absolute Gasteiger partial charge is 0.247 e. The normalized spacial score (nSPS) is 10.8. The number of hydrogen-bond donors (Lipinski definition) is 5. The molecule has 248 valence electrons. The number of benzene rings is 2. The number of carbonyl (C=O) groups excluding carboxylic acids is 2. The first kappa shape index (κ1) is 50.4. The van der Waals surface area contributed by atoms with Gasteiger partial charge in [-0.3, -0.25) is 14.5 Å². The maximum Gasteiger partial charge on any atom is 0.247 e. The predicted octanol–water partition coefficient (Wildman–Crippen LogP) is -9.08. The summed E-state index contributed by atoms with van der Waals surface area (Å²) < 4.78 is 0. The Morgan fingerprint density at radius 1 is 0.837 bits per heavy atom. The summed E-state index contributed by atoms with van der Waals surface area (Å²) in [6, 6.07) is 18.1. The van der Waals surface area contributed by atoms with Crippen LogP contribution in [0.3, 0.4) is 0 Å². The Morgan fingerprint density at radius 2 is 1.47 bits per heavy atom. The number of aromatic amines is 1. The van der Waals surface area contributed by atoms with Gasteiger partial charge in [0.1, 0.15) is 11.7 Å². The van der Waals surface area contributed by atoms with E-state index in [9.17, 15) is 9.59 Å². The van der Waals surface area contributed by atoms with Gasteiger partial charge in [0.05, 0.1) is 6.04 Å². The van der Waals surface area contributed by atoms with Crippen molar-refractivity contribution in [3.05, 3.63) is 72.4 Å². The summed E-state index contributed by atoms with van der Waals surface area (Å²) in [4.78, 5) is 31.3. The van der Waals surface area contributed by atoms with Crippen LogP contribution in [0.4, 0.5) is 5.69 Å². The zero-order valence-electron chi connectivity index (χ0n) is 22.2. The fourth-order valence-corrected chi connectivity index (χ4v) is 4.07. The van der Waals surface area contributed by atoms with Crippen LogP contribution in [0.5, 0.6) is 0 Å². The standard InChI is InChI=1S/C27H37N7O2.3CH4.4ClH/c28-14-16-34(19-29)15-6-10-23(30)26(35)33-25(13-12-20-7-2-1-3-8-20)27(36)32-22-17-21-9-4-5-11-24(21)31-18-22;;;;;;;/h1-5,7-9,11,17-18,23,25H,6,10,12-16,19,28-30H2,(H,32,36)(H,33,35);3*1H4;4*1H/p-3/t23-,25+;;;;;;;/m0......./s1. The summed E-state index contributed by atoms with van der Waals surface area (Å²) in [5.74, 6) is -0.626. The van der Waals surface area contributed by atoms with Crippen LogP contribution in [0, 0.1) is 0 Å². The van der Waals surface area contributed by atoms with E-state index in [1.165, 1.54) is 0 Å². The Hall–Kier alpha value is -2.21. The molecule has 43 heavy (non-hydrogen) atoms. The highest BCUT2D eigenvalue weighted by Gasteiger charge is 2.24. The number of para-hydroxylation sites is 1. The number of amides is 2. The van der Waals surface area contributed by atoms with Crippen molar-refractivity contribution in [1.29, 1.82) is 0 Å². The molecule has 9 N–H and O–H groups in total. The van der Waals surface area contributed by atoms with E-state index in [-0.39, 0.29) is 83.7 Å². The average molecular weight is 683 g/mol. The first-order chi connectivity index (χ1) is 17.5. The van der Waals surface area contributed by atoms with Gasteiger partial charge in [-0.15, -0.1) is 0 Å². The highest BCUT2D eigenvalue weighted by atomic mass is 35.5. The highest BCUT2D eigenvalue weighted by Crippen LogP contribution is 2.15. The van der Waals surface area contributed by atoms with Crippen LogP contribution < -0.4 is 82.4 Å². The second kappa shape index (κ2) is 27.3. The molecule has 9 nitrogen and oxygen atoms in total. The first-order valence-electron chi connectivity index (χ1n) is 12.4. The Kier molecular flexibility index (Phi) is 32.1. The molecule has 0 aliphatic heterocycles. The second-order valence-electron chi connectivity index (χ2n) is 8.89. The molecule has 1 heterocycles. The minimum atomic E-state index is -0.729. The van der Waals surface area contributed by atoms with Crippen molar-refractivity contribution in [2.45, 2.75) is 60.0 Å². The van der Waals surface area contributed by atoms with Gasteiger partial charge < -0.3 is 77.5 Å². The lowest BCUT2D eigenvalue weighted by atomic mass is 10.0. The fraction of sp³-hybridized carbons (Fsp3) is 0.433. The lowest BCUT2D eigenvalue weighted by Crippen LogP contribution is -3.00. The summed E-state index contributed by atoms with van der Waals surface area (Å²) in [5, 5.41) is 6.79. The number of nitrogens with zero attached hydrogens (tertiary/aromatic N) is 1. The van der Waals surface area contributed by atoms with Gasteiger partial charge in [-0.25, -0.2) is 4.98 Å². The monoisotopic (exact) mass is 680 g/mol. The molecule has 3 rings (SSSR count). The summed E-state index contributed by atoms with van der Waals surface area (Å²) in [6.07, 6.45) is 4.03. The number of fused-ring (bicyclic) bond motifs is 1. The fourth-order valence-electron chi connectivity index (χ4n) is 4.07. The van der Waals surface area contributed by atoms with E-state index < -0.39 is 12.1 Å². The zero-order chi connectivity index (χ0) is 25.8. The van der Waals surface area contributed by atoms with Crippen LogP contribution in [-0.2, 0) is 16.0 Å². The molecule has 0 radical (unpaired) electrons. The number of rotatable bonds is 14. The molecular formula is C30H50Cl4N7O2-3. The second-order valence-corrected chi connectivity index (χ2v) is 8.89. The third-order valence-corrected chi connectivity index (χ3v) is 6.15. The Balaban J connectivity index is -0.000000688. The molecule has 0 saturated heterocycles. The van der Waals surface area contributed by atoms with Crippen LogP contribution in [0.15, 0.2) is 66.9 Å². The van der Waals surface area contributed by atoms with Gasteiger partial charge in [0.15, 0.2) is 6.20 Å². The SMILES string of the molecule is C.C.C.NCCN(CN)CCC[C@H](N)C(=O)N[C@H](CCc1ccccc1)C(=O)Nc1c[nH+]c2ccccc2c1.[Cl-].[Cl-].[Cl-].[Cl-]. The van der Waals surface area contributed by atoms with Crippen LogP contribution >= 0.6 is 0 Å². The van der Waals surface area contributed by atoms with E-state index in [1.807, 2.05) is 65.6 Å². The van der Waals surface area contributed by atoms with E-state index in [1.54, 1.807) is 6.20 Å². The van der Waals surface area contributed by atoms with Gasteiger partial charge in [-0.2, -0.15) is 0 Å². The molecular weight excluding hydrogens is 632 g/mol. The molecule has 13 heteroatoms. The molecule has 2 atom stereocenters. The van der Waals surface area contributed by atoms with E-state index in [4.69, 9.17) is 17.2 Å². The number of nitrogens with two attached hydrogens (primary N) is 3. The lowest BCUT2D eigenvalue weighted by molar-refractivity contribution is -0.343. The summed E-state index contributed by atoms with van der Waals surface area (Å²) in [6.45, 7) is 2.35. The van der Waals surface area contributed by atoms with Gasteiger partial charge in [0, 0.05) is 31.2 Å². The van der Waals surface area contributed by atoms with Crippen LogP contribution in [0.1, 0.15) is 47.1 Å². The van der Waals surface area contributed by atoms with Crippen LogP contribution in [0.2, 0.25) is 0 Å². The van der Waals surface area contributed by atoms with E-state index in [0.717, 1.165) is 16.5 Å². The number of nitrogens with one attached hydrogen (secondary N) is 3. The number of H-pyrrole nitrogens is 1. The Morgan fingerprint density at radius 3 is 2.09 bits per heavy atom. The number of aryl methyl sites for hydroxylation is 1. The minimum absolute atomic E-state index is 0. The van der Waals surface area contributed by atoms with E-state index in [0.29, 0.717) is 57.7 Å². The van der Waals surface area contributed by atoms with Crippen molar-refractivity contribution in [2.24, 2.45) is 17.2 Å². The van der Waals surface area contributed by atoms with Crippen molar-refractivity contribution in [1.82, 2.24) is 10.2 Å². The third-order valence-electron chi connectivity index (χ3n) is 6.15. The molecule has 3 aromatic rings.